The summed E-state index contributed by atoms with van der Waals surface area (Å²) in [6.07, 6.45) is 0. The number of benzene rings is 1. The molecule has 1 atom stereocenters. The average Bonchev–Trinajstić information content (AvgIpc) is 2.28. The van der Waals surface area contributed by atoms with E-state index in [0.717, 1.165) is 13.2 Å². The van der Waals surface area contributed by atoms with E-state index in [1.807, 2.05) is 0 Å². The zero-order valence-corrected chi connectivity index (χ0v) is 11.7. The van der Waals surface area contributed by atoms with E-state index in [-0.39, 0.29) is 5.41 Å². The van der Waals surface area contributed by atoms with Crippen molar-refractivity contribution in [1.29, 1.82) is 0 Å². The molecule has 0 aromatic heterocycles. The third-order valence-electron chi connectivity index (χ3n) is 3.45. The first-order valence-electron chi connectivity index (χ1n) is 6.22. The number of nitrogens with zero attached hydrogens (tertiary/aromatic N) is 1. The van der Waals surface area contributed by atoms with Crippen LogP contribution in [0.5, 0.6) is 0 Å². The van der Waals surface area contributed by atoms with Crippen molar-refractivity contribution < 1.29 is 4.74 Å². The number of methoxy groups -OCH3 is 1. The molecule has 0 N–H and O–H groups in total. The summed E-state index contributed by atoms with van der Waals surface area (Å²) in [5, 5.41) is 0. The first kappa shape index (κ1) is 14.2. The molecule has 0 bridgehead atoms. The molecule has 0 radical (unpaired) electrons. The van der Waals surface area contributed by atoms with Crippen LogP contribution in [0.1, 0.15) is 19.4 Å². The summed E-state index contributed by atoms with van der Waals surface area (Å²) in [5.74, 6) is 0.534. The largest absolute Gasteiger partial charge is 0.384 e. The lowest BCUT2D eigenvalue weighted by Crippen LogP contribution is -2.45. The SMILES string of the molecule is COCC(CN(C)C)(c1ccccc1)C(C)C. The maximum absolute atomic E-state index is 5.50. The molecule has 2 heteroatoms. The molecule has 1 rings (SSSR count). The van der Waals surface area contributed by atoms with E-state index in [0.29, 0.717) is 5.92 Å². The van der Waals surface area contributed by atoms with Crippen LogP contribution in [0.25, 0.3) is 0 Å². The van der Waals surface area contributed by atoms with E-state index in [1.54, 1.807) is 7.11 Å². The Morgan fingerprint density at radius 3 is 2.18 bits per heavy atom. The maximum Gasteiger partial charge on any atom is 0.0573 e. The van der Waals surface area contributed by atoms with Crippen molar-refractivity contribution in [3.63, 3.8) is 0 Å². The van der Waals surface area contributed by atoms with Gasteiger partial charge < -0.3 is 9.64 Å². The lowest BCUT2D eigenvalue weighted by Gasteiger charge is -2.39. The van der Waals surface area contributed by atoms with Crippen LogP contribution in [0.15, 0.2) is 30.3 Å². The Labute approximate surface area is 106 Å². The normalized spacial score (nSPS) is 15.2. The van der Waals surface area contributed by atoms with Crippen LogP contribution < -0.4 is 0 Å². The van der Waals surface area contributed by atoms with Gasteiger partial charge in [0.2, 0.25) is 0 Å². The van der Waals surface area contributed by atoms with Gasteiger partial charge in [-0.05, 0) is 25.6 Å². The van der Waals surface area contributed by atoms with E-state index >= 15 is 0 Å². The molecule has 1 aromatic carbocycles. The molecule has 0 fully saturated rings. The minimum atomic E-state index is 0.0690. The molecule has 0 saturated carbocycles. The molecule has 1 unspecified atom stereocenters. The van der Waals surface area contributed by atoms with Crippen LogP contribution in [0.2, 0.25) is 0 Å². The van der Waals surface area contributed by atoms with Gasteiger partial charge in [-0.3, -0.25) is 0 Å². The molecule has 0 saturated heterocycles. The number of rotatable bonds is 6. The highest BCUT2D eigenvalue weighted by Gasteiger charge is 2.36. The molecule has 2 nitrogen and oxygen atoms in total. The van der Waals surface area contributed by atoms with E-state index < -0.39 is 0 Å². The van der Waals surface area contributed by atoms with Gasteiger partial charge in [0, 0.05) is 19.1 Å². The van der Waals surface area contributed by atoms with Gasteiger partial charge >= 0.3 is 0 Å². The fourth-order valence-corrected chi connectivity index (χ4v) is 2.49. The fourth-order valence-electron chi connectivity index (χ4n) is 2.49. The van der Waals surface area contributed by atoms with Crippen molar-refractivity contribution in [2.45, 2.75) is 19.3 Å². The van der Waals surface area contributed by atoms with Crippen molar-refractivity contribution in [2.24, 2.45) is 5.92 Å². The third-order valence-corrected chi connectivity index (χ3v) is 3.45. The smallest absolute Gasteiger partial charge is 0.0573 e. The topological polar surface area (TPSA) is 12.5 Å². The van der Waals surface area contributed by atoms with Crippen molar-refractivity contribution in [2.75, 3.05) is 34.4 Å². The van der Waals surface area contributed by atoms with Crippen LogP contribution in [-0.2, 0) is 10.2 Å². The van der Waals surface area contributed by atoms with Gasteiger partial charge in [-0.2, -0.15) is 0 Å². The van der Waals surface area contributed by atoms with Crippen molar-refractivity contribution in [1.82, 2.24) is 4.90 Å². The van der Waals surface area contributed by atoms with Crippen molar-refractivity contribution in [3.8, 4) is 0 Å². The summed E-state index contributed by atoms with van der Waals surface area (Å²) in [6, 6.07) is 10.7. The Balaban J connectivity index is 3.14. The van der Waals surface area contributed by atoms with Gasteiger partial charge in [-0.1, -0.05) is 44.2 Å². The first-order chi connectivity index (χ1) is 8.03. The molecule has 0 heterocycles. The number of hydrogen-bond acceptors (Lipinski definition) is 2. The lowest BCUT2D eigenvalue weighted by molar-refractivity contribution is 0.0799. The van der Waals surface area contributed by atoms with E-state index in [1.165, 1.54) is 5.56 Å². The molecular weight excluding hydrogens is 210 g/mol. The van der Waals surface area contributed by atoms with Crippen molar-refractivity contribution in [3.05, 3.63) is 35.9 Å². The first-order valence-corrected chi connectivity index (χ1v) is 6.22. The van der Waals surface area contributed by atoms with Crippen LogP contribution in [0.3, 0.4) is 0 Å². The second-order valence-electron chi connectivity index (χ2n) is 5.35. The Morgan fingerprint density at radius 2 is 1.76 bits per heavy atom. The van der Waals surface area contributed by atoms with Crippen molar-refractivity contribution >= 4 is 0 Å². The van der Waals surface area contributed by atoms with Gasteiger partial charge in [0.25, 0.3) is 0 Å². The molecule has 0 aliphatic carbocycles. The molecule has 0 spiro atoms. The van der Waals surface area contributed by atoms with Crippen LogP contribution in [-0.4, -0.2) is 39.3 Å². The Morgan fingerprint density at radius 1 is 1.18 bits per heavy atom. The summed E-state index contributed by atoms with van der Waals surface area (Å²) in [7, 11) is 6.03. The Hall–Kier alpha value is -0.860. The van der Waals surface area contributed by atoms with Gasteiger partial charge in [0.15, 0.2) is 0 Å². The lowest BCUT2D eigenvalue weighted by atomic mass is 9.72. The molecular formula is C15H25NO. The molecule has 96 valence electrons. The van der Waals surface area contributed by atoms with Crippen LogP contribution >= 0.6 is 0 Å². The highest BCUT2D eigenvalue weighted by molar-refractivity contribution is 5.27. The Kier molecular flexibility index (Phi) is 5.16. The second kappa shape index (κ2) is 6.18. The zero-order chi connectivity index (χ0) is 12.9. The number of ether oxygens (including phenoxy) is 1. The van der Waals surface area contributed by atoms with Gasteiger partial charge in [0.1, 0.15) is 0 Å². The summed E-state index contributed by atoms with van der Waals surface area (Å²) in [6.45, 7) is 6.31. The average molecular weight is 235 g/mol. The Bertz CT molecular complexity index is 321. The van der Waals surface area contributed by atoms with Crippen LogP contribution in [0, 0.1) is 5.92 Å². The highest BCUT2D eigenvalue weighted by atomic mass is 16.5. The summed E-state index contributed by atoms with van der Waals surface area (Å²) in [4.78, 5) is 2.24. The standard InChI is InChI=1S/C15H25NO/c1-13(2)15(12-17-5,11-16(3)4)14-9-7-6-8-10-14/h6-10,13H,11-12H2,1-5H3. The molecule has 0 aliphatic heterocycles. The van der Waals surface area contributed by atoms with Crippen LogP contribution in [0.4, 0.5) is 0 Å². The molecule has 0 amide bonds. The fraction of sp³-hybridized carbons (Fsp3) is 0.600. The van der Waals surface area contributed by atoms with E-state index in [9.17, 15) is 0 Å². The van der Waals surface area contributed by atoms with Gasteiger partial charge in [0.05, 0.1) is 6.61 Å². The number of likely N-dealkylation sites (N-methyl/N-ethyl adjacent to an activating group) is 1. The van der Waals surface area contributed by atoms with Gasteiger partial charge in [-0.15, -0.1) is 0 Å². The summed E-state index contributed by atoms with van der Waals surface area (Å²) in [5.41, 5.74) is 1.44. The highest BCUT2D eigenvalue weighted by Crippen LogP contribution is 2.33. The second-order valence-corrected chi connectivity index (χ2v) is 5.35. The maximum atomic E-state index is 5.50. The molecule has 17 heavy (non-hydrogen) atoms. The zero-order valence-electron chi connectivity index (χ0n) is 11.7. The predicted molar refractivity (Wildman–Crippen MR) is 73.4 cm³/mol. The molecule has 1 aromatic rings. The minimum Gasteiger partial charge on any atom is -0.384 e. The van der Waals surface area contributed by atoms with E-state index in [2.05, 4.69) is 63.2 Å². The quantitative estimate of drug-likeness (QED) is 0.752. The monoisotopic (exact) mass is 235 g/mol. The third kappa shape index (κ3) is 3.30. The summed E-state index contributed by atoms with van der Waals surface area (Å²) < 4.78 is 5.50. The predicted octanol–water partition coefficient (Wildman–Crippen LogP) is 2.79. The van der Waals surface area contributed by atoms with Gasteiger partial charge in [-0.25, -0.2) is 0 Å². The summed E-state index contributed by atoms with van der Waals surface area (Å²) >= 11 is 0. The van der Waals surface area contributed by atoms with E-state index in [4.69, 9.17) is 4.74 Å². The number of hydrogen-bond donors (Lipinski definition) is 0. The molecule has 0 aliphatic rings. The minimum absolute atomic E-state index is 0.0690.